The number of oxazole rings is 1. The van der Waals surface area contributed by atoms with Crippen LogP contribution in [-0.4, -0.2) is 63.9 Å². The SMILES string of the molecule is CC(C)C(N)C(=O)O[C@H](C=CCCSC(c1ccccc1)(c1ccccc1)c1ccccc1)CC(=O)NCc1nc(C2=N[C@](C)(C(=O)O)CO2)co1. The van der Waals surface area contributed by atoms with E-state index in [1.165, 1.54) is 13.2 Å². The van der Waals surface area contributed by atoms with Gasteiger partial charge < -0.3 is 30.0 Å². The standard InChI is InChI=1S/C40H44N4O7S/c1-27(2)35(41)37(46)51-31(23-33(45)42-24-34-43-32(25-49-34)36-44-39(3,26-50-36)38(47)48)21-13-14-22-52-40(28-15-7-4-8-16-28,29-17-9-5-10-18-29)30-19-11-6-12-20-30/h4-13,15-21,25,27,31,35H,14,22-24,26,41H2,1-3H3,(H,42,45)(H,47,48)/t31-,35?,39+/m1/s1. The van der Waals surface area contributed by atoms with Crippen LogP contribution in [0.3, 0.4) is 0 Å². The molecule has 0 fully saturated rings. The number of nitrogens with zero attached hydrogens (tertiary/aromatic N) is 2. The number of rotatable bonds is 17. The predicted octanol–water partition coefficient (Wildman–Crippen LogP) is 5.87. The number of amides is 1. The van der Waals surface area contributed by atoms with E-state index in [-0.39, 0.29) is 43.0 Å². The lowest BCUT2D eigenvalue weighted by Gasteiger charge is -2.35. The quantitative estimate of drug-likeness (QED) is 0.0519. The molecule has 1 aliphatic heterocycles. The van der Waals surface area contributed by atoms with Crippen LogP contribution in [0.2, 0.25) is 0 Å². The summed E-state index contributed by atoms with van der Waals surface area (Å²) < 4.78 is 16.1. The van der Waals surface area contributed by atoms with Gasteiger partial charge >= 0.3 is 11.9 Å². The number of nitrogens with one attached hydrogen (secondary N) is 1. The zero-order valence-corrected chi connectivity index (χ0v) is 30.3. The maximum Gasteiger partial charge on any atom is 0.335 e. The molecule has 1 amide bonds. The van der Waals surface area contributed by atoms with Crippen LogP contribution in [0.25, 0.3) is 0 Å². The zero-order valence-electron chi connectivity index (χ0n) is 29.4. The Labute approximate surface area is 307 Å². The van der Waals surface area contributed by atoms with Gasteiger partial charge in [0.1, 0.15) is 25.0 Å². The summed E-state index contributed by atoms with van der Waals surface area (Å²) in [5.74, 6) is -1.32. The number of nitrogens with two attached hydrogens (primary N) is 1. The number of hydrogen-bond donors (Lipinski definition) is 3. The summed E-state index contributed by atoms with van der Waals surface area (Å²) in [6.45, 7) is 4.91. The summed E-state index contributed by atoms with van der Waals surface area (Å²) in [7, 11) is 0. The molecule has 4 aromatic rings. The number of hydrogen-bond acceptors (Lipinski definition) is 10. The summed E-state index contributed by atoms with van der Waals surface area (Å²) in [6, 6.07) is 30.4. The molecular weight excluding hydrogens is 681 g/mol. The van der Waals surface area contributed by atoms with Crippen LogP contribution in [0.4, 0.5) is 0 Å². The Bertz CT molecular complexity index is 1770. The van der Waals surface area contributed by atoms with Gasteiger partial charge in [-0.3, -0.25) is 9.59 Å². The number of benzene rings is 3. The van der Waals surface area contributed by atoms with E-state index in [2.05, 4.69) is 88.1 Å². The van der Waals surface area contributed by atoms with Crippen LogP contribution in [-0.2, 0) is 35.1 Å². The largest absolute Gasteiger partial charge is 0.479 e. The molecule has 11 nitrogen and oxygen atoms in total. The molecule has 5 rings (SSSR count). The van der Waals surface area contributed by atoms with Crippen molar-refractivity contribution in [2.45, 2.75) is 62.6 Å². The smallest absolute Gasteiger partial charge is 0.335 e. The molecule has 1 aliphatic rings. The molecule has 3 aromatic carbocycles. The van der Waals surface area contributed by atoms with E-state index in [1.807, 2.05) is 49.9 Å². The second kappa shape index (κ2) is 17.3. The lowest BCUT2D eigenvalue weighted by Crippen LogP contribution is -2.39. The van der Waals surface area contributed by atoms with Gasteiger partial charge in [0, 0.05) is 0 Å². The second-order valence-corrected chi connectivity index (χ2v) is 14.3. The second-order valence-electron chi connectivity index (χ2n) is 13.0. The maximum atomic E-state index is 13.1. The molecule has 1 unspecified atom stereocenters. The highest BCUT2D eigenvalue weighted by Gasteiger charge is 2.40. The van der Waals surface area contributed by atoms with Crippen molar-refractivity contribution in [2.24, 2.45) is 16.6 Å². The van der Waals surface area contributed by atoms with E-state index in [0.717, 1.165) is 22.4 Å². The van der Waals surface area contributed by atoms with E-state index in [9.17, 15) is 19.5 Å². The fourth-order valence-corrected chi connectivity index (χ4v) is 7.07. The van der Waals surface area contributed by atoms with Gasteiger partial charge in [0.2, 0.25) is 17.7 Å². The van der Waals surface area contributed by atoms with E-state index < -0.39 is 40.3 Å². The third-order valence-corrected chi connectivity index (χ3v) is 10.2. The summed E-state index contributed by atoms with van der Waals surface area (Å²) in [4.78, 5) is 45.8. The highest BCUT2D eigenvalue weighted by atomic mass is 32.2. The average molecular weight is 725 g/mol. The minimum Gasteiger partial charge on any atom is -0.479 e. The van der Waals surface area contributed by atoms with E-state index in [1.54, 1.807) is 6.08 Å². The van der Waals surface area contributed by atoms with Gasteiger partial charge in [-0.05, 0) is 47.8 Å². The highest BCUT2D eigenvalue weighted by Crippen LogP contribution is 2.48. The zero-order chi connectivity index (χ0) is 37.1. The van der Waals surface area contributed by atoms with Crippen molar-refractivity contribution >= 4 is 35.5 Å². The van der Waals surface area contributed by atoms with E-state index in [0.29, 0.717) is 6.42 Å². The number of aromatic nitrogens is 1. The van der Waals surface area contributed by atoms with Gasteiger partial charge in [-0.1, -0.05) is 111 Å². The van der Waals surface area contributed by atoms with Crippen LogP contribution < -0.4 is 11.1 Å². The number of ether oxygens (including phenoxy) is 2. The number of thioether (sulfide) groups is 1. The third-order valence-electron chi connectivity index (χ3n) is 8.65. The van der Waals surface area contributed by atoms with Crippen LogP contribution in [0.1, 0.15) is 61.9 Å². The Balaban J connectivity index is 1.26. The average Bonchev–Trinajstić information content (AvgIpc) is 3.80. The lowest BCUT2D eigenvalue weighted by atomic mass is 9.84. The molecule has 0 bridgehead atoms. The molecule has 2 heterocycles. The minimum absolute atomic E-state index is 0.0524. The number of esters is 1. The molecule has 12 heteroatoms. The normalized spacial score (nSPS) is 17.0. The van der Waals surface area contributed by atoms with Gasteiger partial charge in [-0.25, -0.2) is 14.8 Å². The first-order valence-corrected chi connectivity index (χ1v) is 18.1. The minimum atomic E-state index is -1.41. The van der Waals surface area contributed by atoms with E-state index >= 15 is 0 Å². The molecule has 0 saturated heterocycles. The Hall–Kier alpha value is -5.20. The van der Waals surface area contributed by atoms with Crippen molar-refractivity contribution in [3.63, 3.8) is 0 Å². The van der Waals surface area contributed by atoms with Crippen molar-refractivity contribution in [2.75, 3.05) is 12.4 Å². The molecule has 272 valence electrons. The van der Waals surface area contributed by atoms with Crippen molar-refractivity contribution < 1.29 is 33.4 Å². The van der Waals surface area contributed by atoms with Crippen LogP contribution in [0.15, 0.2) is 119 Å². The fourth-order valence-electron chi connectivity index (χ4n) is 5.60. The van der Waals surface area contributed by atoms with Gasteiger partial charge in [0.25, 0.3) is 0 Å². The monoisotopic (exact) mass is 724 g/mol. The summed E-state index contributed by atoms with van der Waals surface area (Å²) in [6.07, 6.45) is 4.57. The molecule has 4 N–H and O–H groups in total. The van der Waals surface area contributed by atoms with Crippen LogP contribution in [0.5, 0.6) is 0 Å². The Morgan fingerprint density at radius 1 is 1.00 bits per heavy atom. The lowest BCUT2D eigenvalue weighted by molar-refractivity contribution is -0.150. The Morgan fingerprint density at radius 2 is 1.58 bits per heavy atom. The molecule has 0 saturated carbocycles. The van der Waals surface area contributed by atoms with Crippen molar-refractivity contribution in [1.29, 1.82) is 0 Å². The van der Waals surface area contributed by atoms with Gasteiger partial charge in [-0.15, -0.1) is 11.8 Å². The molecule has 0 spiro atoms. The molecule has 0 aliphatic carbocycles. The van der Waals surface area contributed by atoms with Crippen LogP contribution >= 0.6 is 11.8 Å². The first-order chi connectivity index (χ1) is 25.0. The van der Waals surface area contributed by atoms with E-state index in [4.69, 9.17) is 19.6 Å². The number of carbonyl (C=O) groups excluding carboxylic acids is 2. The number of carbonyl (C=O) groups is 3. The van der Waals surface area contributed by atoms with Crippen LogP contribution in [0, 0.1) is 5.92 Å². The Morgan fingerprint density at radius 3 is 2.10 bits per heavy atom. The molecule has 0 radical (unpaired) electrons. The topological polar surface area (TPSA) is 166 Å². The first-order valence-electron chi connectivity index (χ1n) is 17.1. The third kappa shape index (κ3) is 9.17. The highest BCUT2D eigenvalue weighted by molar-refractivity contribution is 8.00. The summed E-state index contributed by atoms with van der Waals surface area (Å²) in [5.41, 5.74) is 8.37. The fraction of sp³-hybridized carbons (Fsp3) is 0.325. The summed E-state index contributed by atoms with van der Waals surface area (Å²) in [5, 5.41) is 12.1. The molecule has 52 heavy (non-hydrogen) atoms. The number of aliphatic imine (C=N–C) groups is 1. The molecule has 1 aromatic heterocycles. The number of carboxylic acid groups (broad SMARTS) is 1. The molecule has 3 atom stereocenters. The molecular formula is C40H44N4O7S. The predicted molar refractivity (Wildman–Crippen MR) is 200 cm³/mol. The van der Waals surface area contributed by atoms with Gasteiger partial charge in [-0.2, -0.15) is 0 Å². The van der Waals surface area contributed by atoms with Crippen molar-refractivity contribution in [1.82, 2.24) is 10.3 Å². The van der Waals surface area contributed by atoms with Crippen molar-refractivity contribution in [3.05, 3.63) is 138 Å². The number of aliphatic carboxylic acids is 1. The number of carboxylic acids is 1. The van der Waals surface area contributed by atoms with Crippen molar-refractivity contribution in [3.8, 4) is 0 Å². The summed E-state index contributed by atoms with van der Waals surface area (Å²) >= 11 is 1.81. The number of allylic oxidation sites excluding steroid dienone is 1. The maximum absolute atomic E-state index is 13.1. The Kier molecular flexibility index (Phi) is 12.7. The van der Waals surface area contributed by atoms with Gasteiger partial charge in [0.05, 0.1) is 17.7 Å². The van der Waals surface area contributed by atoms with Gasteiger partial charge in [0.15, 0.2) is 11.2 Å². The first kappa shape index (κ1) is 38.0.